The first kappa shape index (κ1) is 20.5. The average molecular weight is 428 g/mol. The number of allylic oxidation sites excluding steroid dienone is 1. The molecule has 8 nitrogen and oxygen atoms in total. The predicted octanol–water partition coefficient (Wildman–Crippen LogP) is 3.29. The van der Waals surface area contributed by atoms with Gasteiger partial charge in [0.25, 0.3) is 0 Å². The zero-order chi connectivity index (χ0) is 21.1. The molecule has 9 heteroatoms. The number of rotatable bonds is 6. The van der Waals surface area contributed by atoms with Crippen LogP contribution >= 0.6 is 12.1 Å². The third kappa shape index (κ3) is 4.21. The van der Waals surface area contributed by atoms with Crippen LogP contribution < -0.4 is 14.4 Å². The van der Waals surface area contributed by atoms with Gasteiger partial charge in [0.2, 0.25) is 0 Å². The maximum atomic E-state index is 12.7. The van der Waals surface area contributed by atoms with Crippen molar-refractivity contribution in [2.24, 2.45) is 10.3 Å². The molecule has 1 aromatic carbocycles. The maximum Gasteiger partial charge on any atom is 0.162 e. The Balaban J connectivity index is 1.44. The van der Waals surface area contributed by atoms with Gasteiger partial charge in [-0.3, -0.25) is 9.10 Å². The summed E-state index contributed by atoms with van der Waals surface area (Å²) in [4.78, 5) is 23.9. The molecule has 0 N–H and O–H groups in total. The van der Waals surface area contributed by atoms with Gasteiger partial charge in [0.1, 0.15) is 12.1 Å². The van der Waals surface area contributed by atoms with Crippen molar-refractivity contribution in [2.45, 2.75) is 19.8 Å². The fourth-order valence-electron chi connectivity index (χ4n) is 3.76. The van der Waals surface area contributed by atoms with Gasteiger partial charge in [-0.25, -0.2) is 9.97 Å². The summed E-state index contributed by atoms with van der Waals surface area (Å²) in [5.74, 6) is 2.48. The summed E-state index contributed by atoms with van der Waals surface area (Å²) < 4.78 is 17.0. The highest BCUT2D eigenvalue weighted by Gasteiger charge is 2.28. The average Bonchev–Trinajstić information content (AvgIpc) is 2.79. The van der Waals surface area contributed by atoms with E-state index in [0.29, 0.717) is 18.0 Å². The second-order valence-electron chi connectivity index (χ2n) is 7.35. The largest absolute Gasteiger partial charge is 0.493 e. The molecule has 1 aromatic heterocycles. The minimum atomic E-state index is 0.0602. The number of carbonyl (C=O) groups is 1. The van der Waals surface area contributed by atoms with Gasteiger partial charge in [-0.15, -0.1) is 0 Å². The Morgan fingerprint density at radius 1 is 1.17 bits per heavy atom. The van der Waals surface area contributed by atoms with Crippen molar-refractivity contribution in [3.63, 3.8) is 0 Å². The molecule has 0 atom stereocenters. The first-order chi connectivity index (χ1) is 14.6. The molecule has 2 aliphatic rings. The number of fused-ring (bicyclic) bond motifs is 1. The lowest BCUT2D eigenvalue weighted by Gasteiger charge is -2.33. The summed E-state index contributed by atoms with van der Waals surface area (Å²) >= 11 is 1.33. The van der Waals surface area contributed by atoms with E-state index < -0.39 is 0 Å². The SMILES string of the molecule is COc1cc2ncnc(N3CCC(C(=O)CN4C=CC(C)=NS4)CC3)c2cc1OC. The van der Waals surface area contributed by atoms with Crippen molar-refractivity contribution in [1.82, 2.24) is 14.3 Å². The minimum Gasteiger partial charge on any atom is -0.493 e. The van der Waals surface area contributed by atoms with Crippen LogP contribution in [0.2, 0.25) is 0 Å². The molecule has 0 bridgehead atoms. The van der Waals surface area contributed by atoms with Gasteiger partial charge < -0.3 is 14.4 Å². The van der Waals surface area contributed by atoms with Crippen LogP contribution in [-0.2, 0) is 4.79 Å². The van der Waals surface area contributed by atoms with E-state index >= 15 is 0 Å². The molecule has 30 heavy (non-hydrogen) atoms. The van der Waals surface area contributed by atoms with E-state index in [0.717, 1.165) is 48.4 Å². The number of benzene rings is 1. The Hall–Kier alpha value is -2.81. The Kier molecular flexibility index (Phi) is 6.08. The Morgan fingerprint density at radius 2 is 1.90 bits per heavy atom. The molecule has 2 aromatic rings. The lowest BCUT2D eigenvalue weighted by molar-refractivity contribution is -0.123. The summed E-state index contributed by atoms with van der Waals surface area (Å²) in [5, 5.41) is 0.919. The molecule has 0 unspecified atom stereocenters. The van der Waals surface area contributed by atoms with Crippen molar-refractivity contribution in [1.29, 1.82) is 0 Å². The van der Waals surface area contributed by atoms with Crippen LogP contribution in [0.25, 0.3) is 10.9 Å². The lowest BCUT2D eigenvalue weighted by atomic mass is 9.92. The zero-order valence-electron chi connectivity index (χ0n) is 17.4. The first-order valence-electron chi connectivity index (χ1n) is 9.90. The number of nitrogens with zero attached hydrogens (tertiary/aromatic N) is 5. The van der Waals surface area contributed by atoms with E-state index in [4.69, 9.17) is 9.47 Å². The van der Waals surface area contributed by atoms with Gasteiger partial charge in [0.15, 0.2) is 17.3 Å². The number of anilines is 1. The van der Waals surface area contributed by atoms with E-state index in [-0.39, 0.29) is 11.7 Å². The molecule has 0 radical (unpaired) electrons. The maximum absolute atomic E-state index is 12.7. The number of hydrogen-bond acceptors (Lipinski definition) is 9. The van der Waals surface area contributed by atoms with Crippen molar-refractivity contribution < 1.29 is 14.3 Å². The summed E-state index contributed by atoms with van der Waals surface area (Å²) in [6.45, 7) is 3.88. The zero-order valence-corrected chi connectivity index (χ0v) is 18.2. The third-order valence-electron chi connectivity index (χ3n) is 5.45. The third-order valence-corrected chi connectivity index (χ3v) is 6.28. The van der Waals surface area contributed by atoms with E-state index in [9.17, 15) is 4.79 Å². The van der Waals surface area contributed by atoms with Gasteiger partial charge in [-0.05, 0) is 31.9 Å². The molecule has 0 amide bonds. The van der Waals surface area contributed by atoms with Gasteiger partial charge in [-0.1, -0.05) is 0 Å². The van der Waals surface area contributed by atoms with Gasteiger partial charge in [0.05, 0.1) is 38.4 Å². The van der Waals surface area contributed by atoms with Crippen LogP contribution in [0, 0.1) is 5.92 Å². The van der Waals surface area contributed by atoms with Crippen molar-refractivity contribution >= 4 is 40.3 Å². The van der Waals surface area contributed by atoms with Crippen LogP contribution in [0.1, 0.15) is 19.8 Å². The van der Waals surface area contributed by atoms with E-state index in [1.54, 1.807) is 20.5 Å². The number of ether oxygens (including phenoxy) is 2. The van der Waals surface area contributed by atoms with Crippen molar-refractivity contribution in [2.75, 3.05) is 38.8 Å². The van der Waals surface area contributed by atoms with E-state index in [1.807, 2.05) is 35.6 Å². The van der Waals surface area contributed by atoms with Crippen LogP contribution in [0.4, 0.5) is 5.82 Å². The van der Waals surface area contributed by atoms with Crippen LogP contribution in [-0.4, -0.2) is 59.6 Å². The molecule has 1 fully saturated rings. The number of methoxy groups -OCH3 is 2. The van der Waals surface area contributed by atoms with E-state index in [1.165, 1.54) is 12.1 Å². The van der Waals surface area contributed by atoms with Crippen LogP contribution in [0.3, 0.4) is 0 Å². The van der Waals surface area contributed by atoms with Crippen molar-refractivity contribution in [3.8, 4) is 11.5 Å². The molecule has 2 aliphatic heterocycles. The lowest BCUT2D eigenvalue weighted by Crippen LogP contribution is -2.39. The molecule has 0 spiro atoms. The molecular weight excluding hydrogens is 402 g/mol. The van der Waals surface area contributed by atoms with Crippen LogP contribution in [0.15, 0.2) is 35.1 Å². The highest BCUT2D eigenvalue weighted by Crippen LogP contribution is 2.35. The smallest absolute Gasteiger partial charge is 0.162 e. The Morgan fingerprint density at radius 3 is 2.57 bits per heavy atom. The first-order valence-corrected chi connectivity index (χ1v) is 10.6. The summed E-state index contributed by atoms with van der Waals surface area (Å²) in [6, 6.07) is 3.78. The van der Waals surface area contributed by atoms with Gasteiger partial charge in [-0.2, -0.15) is 4.40 Å². The standard InChI is InChI=1S/C21H25N5O3S/c1-14-4-9-26(30-24-14)12-18(27)15-5-7-25(8-6-15)21-16-10-19(28-2)20(29-3)11-17(16)22-13-23-21/h4,9-11,13,15H,5-8,12H2,1-3H3. The highest BCUT2D eigenvalue weighted by atomic mass is 32.2. The molecule has 1 saturated heterocycles. The number of ketones is 1. The number of carbonyl (C=O) groups excluding carboxylic acids is 1. The highest BCUT2D eigenvalue weighted by molar-refractivity contribution is 7.96. The monoisotopic (exact) mass is 427 g/mol. The second-order valence-corrected chi connectivity index (χ2v) is 8.17. The fourth-order valence-corrected chi connectivity index (χ4v) is 4.36. The topological polar surface area (TPSA) is 80.2 Å². The quantitative estimate of drug-likeness (QED) is 0.650. The van der Waals surface area contributed by atoms with E-state index in [2.05, 4.69) is 19.3 Å². The minimum absolute atomic E-state index is 0.0602. The second kappa shape index (κ2) is 8.91. The summed E-state index contributed by atoms with van der Waals surface area (Å²) in [6.07, 6.45) is 7.04. The predicted molar refractivity (Wildman–Crippen MR) is 119 cm³/mol. The fraction of sp³-hybridized carbons (Fsp3) is 0.429. The molecule has 0 aliphatic carbocycles. The molecule has 3 heterocycles. The van der Waals surface area contributed by atoms with Gasteiger partial charge in [0, 0.05) is 42.4 Å². The van der Waals surface area contributed by atoms with Gasteiger partial charge >= 0.3 is 0 Å². The number of aromatic nitrogens is 2. The normalized spacial score (nSPS) is 17.2. The Labute approximate surface area is 180 Å². The number of piperidine rings is 1. The molecule has 4 rings (SSSR count). The van der Waals surface area contributed by atoms with Crippen LogP contribution in [0.5, 0.6) is 11.5 Å². The number of Topliss-reactive ketones (excluding diaryl/α,β-unsaturated/α-hetero) is 1. The molecular formula is C21H25N5O3S. The molecule has 0 saturated carbocycles. The summed E-state index contributed by atoms with van der Waals surface area (Å²) in [5.41, 5.74) is 1.77. The Bertz CT molecular complexity index is 1000. The van der Waals surface area contributed by atoms with Crippen molar-refractivity contribution in [3.05, 3.63) is 30.7 Å². The number of hydrogen-bond donors (Lipinski definition) is 0. The molecule has 158 valence electrons. The summed E-state index contributed by atoms with van der Waals surface area (Å²) in [7, 11) is 3.23.